The number of carbonyl (C=O) groups excluding carboxylic acids is 1. The maximum Gasteiger partial charge on any atom is 0.341 e. The molecule has 1 aliphatic rings. The lowest BCUT2D eigenvalue weighted by Gasteiger charge is -2.13. The van der Waals surface area contributed by atoms with Crippen LogP contribution in [0, 0.1) is 0 Å². The van der Waals surface area contributed by atoms with E-state index in [1.54, 1.807) is 25.3 Å². The summed E-state index contributed by atoms with van der Waals surface area (Å²) in [7, 11) is 1.69. The SMILES string of the molecule is CCOc1cc(/C=C2/SC(=Nc3ccc(CC)cc3)N(C)C2=O)cc(Br)c1OCC(=O)O. The third kappa shape index (κ3) is 5.72. The average Bonchev–Trinajstić information content (AvgIpc) is 3.01. The molecular formula is C23H23BrN2O5S. The van der Waals surface area contributed by atoms with Gasteiger partial charge in [-0.2, -0.15) is 0 Å². The van der Waals surface area contributed by atoms with Crippen LogP contribution in [-0.2, 0) is 16.0 Å². The van der Waals surface area contributed by atoms with E-state index in [9.17, 15) is 9.59 Å². The molecule has 2 aromatic carbocycles. The number of ether oxygens (including phenoxy) is 2. The minimum atomic E-state index is -1.09. The first kappa shape index (κ1) is 23.9. The number of aryl methyl sites for hydroxylation is 1. The lowest BCUT2D eigenvalue weighted by Crippen LogP contribution is -2.23. The summed E-state index contributed by atoms with van der Waals surface area (Å²) in [6.07, 6.45) is 2.71. The van der Waals surface area contributed by atoms with Gasteiger partial charge in [-0.05, 0) is 82.5 Å². The van der Waals surface area contributed by atoms with Gasteiger partial charge in [0, 0.05) is 7.05 Å². The Labute approximate surface area is 199 Å². The Morgan fingerprint density at radius 3 is 2.56 bits per heavy atom. The van der Waals surface area contributed by atoms with Gasteiger partial charge in [-0.15, -0.1) is 0 Å². The number of nitrogens with zero attached hydrogens (tertiary/aromatic N) is 2. The van der Waals surface area contributed by atoms with Crippen LogP contribution in [0.15, 0.2) is 50.8 Å². The molecule has 0 unspecified atom stereocenters. The zero-order valence-corrected chi connectivity index (χ0v) is 20.3. The molecule has 7 nitrogen and oxygen atoms in total. The predicted molar refractivity (Wildman–Crippen MR) is 130 cm³/mol. The Morgan fingerprint density at radius 1 is 1.22 bits per heavy atom. The summed E-state index contributed by atoms with van der Waals surface area (Å²) >= 11 is 4.70. The number of carbonyl (C=O) groups is 2. The van der Waals surface area contributed by atoms with E-state index in [0.717, 1.165) is 12.1 Å². The zero-order valence-electron chi connectivity index (χ0n) is 17.9. The average molecular weight is 519 g/mol. The monoisotopic (exact) mass is 518 g/mol. The van der Waals surface area contributed by atoms with Crippen molar-refractivity contribution >= 4 is 56.5 Å². The minimum absolute atomic E-state index is 0.154. The molecular weight excluding hydrogens is 496 g/mol. The molecule has 1 heterocycles. The second kappa shape index (κ2) is 10.7. The standard InChI is InChI=1S/C23H23BrN2O5S/c1-4-14-6-8-16(9-7-14)25-23-26(3)22(29)19(32-23)12-15-10-17(24)21(31-13-20(27)28)18(11-15)30-5-2/h6-12H,4-5,13H2,1-3H3,(H,27,28)/b19-12+,25-23?. The molecule has 1 aliphatic heterocycles. The van der Waals surface area contributed by atoms with Crippen LogP contribution in [-0.4, -0.2) is 47.3 Å². The summed E-state index contributed by atoms with van der Waals surface area (Å²) in [4.78, 5) is 30.3. The summed E-state index contributed by atoms with van der Waals surface area (Å²) in [6, 6.07) is 11.4. The molecule has 1 fully saturated rings. The van der Waals surface area contributed by atoms with Crippen molar-refractivity contribution in [2.75, 3.05) is 20.3 Å². The molecule has 1 saturated heterocycles. The van der Waals surface area contributed by atoms with Gasteiger partial charge in [0.05, 0.1) is 21.7 Å². The van der Waals surface area contributed by atoms with Gasteiger partial charge in [0.2, 0.25) is 0 Å². The first-order valence-electron chi connectivity index (χ1n) is 9.98. The van der Waals surface area contributed by atoms with Gasteiger partial charge >= 0.3 is 5.97 Å². The van der Waals surface area contributed by atoms with Crippen molar-refractivity contribution in [1.82, 2.24) is 4.90 Å². The van der Waals surface area contributed by atoms with E-state index in [4.69, 9.17) is 14.6 Å². The first-order valence-corrected chi connectivity index (χ1v) is 11.6. The maximum absolute atomic E-state index is 12.8. The highest BCUT2D eigenvalue weighted by atomic mass is 79.9. The van der Waals surface area contributed by atoms with Crippen molar-refractivity contribution in [3.63, 3.8) is 0 Å². The number of likely N-dealkylation sites (N-methyl/N-ethyl adjacent to an activating group) is 1. The molecule has 0 atom stereocenters. The van der Waals surface area contributed by atoms with E-state index in [1.807, 2.05) is 31.2 Å². The number of thioether (sulfide) groups is 1. The number of halogens is 1. The van der Waals surface area contributed by atoms with Crippen molar-refractivity contribution in [2.24, 2.45) is 4.99 Å². The number of aliphatic imine (C=N–C) groups is 1. The summed E-state index contributed by atoms with van der Waals surface area (Å²) in [6.45, 7) is 3.80. The summed E-state index contributed by atoms with van der Waals surface area (Å²) in [5.41, 5.74) is 2.72. The van der Waals surface area contributed by atoms with Gasteiger partial charge in [0.25, 0.3) is 5.91 Å². The fraction of sp³-hybridized carbons (Fsp3) is 0.261. The Morgan fingerprint density at radius 2 is 1.94 bits per heavy atom. The second-order valence-corrected chi connectivity index (χ2v) is 8.70. The van der Waals surface area contributed by atoms with E-state index in [0.29, 0.717) is 38.2 Å². The molecule has 1 amide bonds. The summed E-state index contributed by atoms with van der Waals surface area (Å²) < 4.78 is 11.5. The topological polar surface area (TPSA) is 88.4 Å². The Hall–Kier alpha value is -2.78. The molecule has 3 rings (SSSR count). The molecule has 0 aliphatic carbocycles. The number of rotatable bonds is 8. The van der Waals surface area contributed by atoms with Crippen molar-refractivity contribution < 1.29 is 24.2 Å². The van der Waals surface area contributed by atoms with Gasteiger partial charge in [-0.1, -0.05) is 19.1 Å². The van der Waals surface area contributed by atoms with E-state index in [-0.39, 0.29) is 5.91 Å². The van der Waals surface area contributed by atoms with Crippen LogP contribution in [0.4, 0.5) is 5.69 Å². The zero-order chi connectivity index (χ0) is 23.3. The molecule has 0 spiro atoms. The Bertz CT molecular complexity index is 1080. The van der Waals surface area contributed by atoms with Gasteiger partial charge in [-0.3, -0.25) is 9.69 Å². The predicted octanol–water partition coefficient (Wildman–Crippen LogP) is 5.11. The van der Waals surface area contributed by atoms with Crippen LogP contribution in [0.5, 0.6) is 11.5 Å². The Kier molecular flexibility index (Phi) is 7.98. The third-order valence-electron chi connectivity index (χ3n) is 4.54. The Balaban J connectivity index is 1.89. The number of amides is 1. The highest BCUT2D eigenvalue weighted by Crippen LogP contribution is 2.39. The van der Waals surface area contributed by atoms with E-state index in [1.165, 1.54) is 22.2 Å². The molecule has 0 saturated carbocycles. The molecule has 0 radical (unpaired) electrons. The van der Waals surface area contributed by atoms with Crippen molar-refractivity contribution in [2.45, 2.75) is 20.3 Å². The number of hydrogen-bond acceptors (Lipinski definition) is 6. The minimum Gasteiger partial charge on any atom is -0.490 e. The second-order valence-electron chi connectivity index (χ2n) is 6.83. The van der Waals surface area contributed by atoms with Crippen molar-refractivity contribution in [3.8, 4) is 11.5 Å². The number of aliphatic carboxylic acids is 1. The van der Waals surface area contributed by atoms with Crippen LogP contribution < -0.4 is 9.47 Å². The number of amidine groups is 1. The number of carboxylic acid groups (broad SMARTS) is 1. The fourth-order valence-corrected chi connectivity index (χ4v) is 4.49. The molecule has 9 heteroatoms. The quantitative estimate of drug-likeness (QED) is 0.488. The lowest BCUT2D eigenvalue weighted by molar-refractivity contribution is -0.139. The van der Waals surface area contributed by atoms with Gasteiger partial charge in [0.1, 0.15) is 0 Å². The largest absolute Gasteiger partial charge is 0.490 e. The van der Waals surface area contributed by atoms with Crippen molar-refractivity contribution in [1.29, 1.82) is 0 Å². The van der Waals surface area contributed by atoms with E-state index < -0.39 is 12.6 Å². The molecule has 0 aromatic heterocycles. The normalized spacial score (nSPS) is 16.1. The van der Waals surface area contributed by atoms with Crippen LogP contribution in [0.3, 0.4) is 0 Å². The van der Waals surface area contributed by atoms with Crippen LogP contribution >= 0.6 is 27.7 Å². The van der Waals surface area contributed by atoms with Gasteiger partial charge in [-0.25, -0.2) is 9.79 Å². The summed E-state index contributed by atoms with van der Waals surface area (Å²) in [5, 5.41) is 9.49. The van der Waals surface area contributed by atoms with Crippen LogP contribution in [0.1, 0.15) is 25.0 Å². The molecule has 1 N–H and O–H groups in total. The highest BCUT2D eigenvalue weighted by molar-refractivity contribution is 9.10. The number of carboxylic acids is 1. The third-order valence-corrected chi connectivity index (χ3v) is 6.19. The van der Waals surface area contributed by atoms with Gasteiger partial charge < -0.3 is 14.6 Å². The molecule has 2 aromatic rings. The molecule has 32 heavy (non-hydrogen) atoms. The van der Waals surface area contributed by atoms with E-state index in [2.05, 4.69) is 27.8 Å². The van der Waals surface area contributed by atoms with Crippen LogP contribution in [0.25, 0.3) is 6.08 Å². The fourth-order valence-electron chi connectivity index (χ4n) is 2.93. The maximum atomic E-state index is 12.8. The first-order chi connectivity index (χ1) is 15.3. The number of benzene rings is 2. The van der Waals surface area contributed by atoms with Gasteiger partial charge in [0.15, 0.2) is 23.3 Å². The van der Waals surface area contributed by atoms with Crippen molar-refractivity contribution in [3.05, 3.63) is 56.9 Å². The molecule has 0 bridgehead atoms. The smallest absolute Gasteiger partial charge is 0.341 e. The molecule has 168 valence electrons. The summed E-state index contributed by atoms with van der Waals surface area (Å²) in [5.74, 6) is -0.544. The van der Waals surface area contributed by atoms with E-state index >= 15 is 0 Å². The van der Waals surface area contributed by atoms with Crippen LogP contribution in [0.2, 0.25) is 0 Å². The lowest BCUT2D eigenvalue weighted by atomic mass is 10.1. The number of hydrogen-bond donors (Lipinski definition) is 1. The highest BCUT2D eigenvalue weighted by Gasteiger charge is 2.30.